The van der Waals surface area contributed by atoms with Crippen LogP contribution in [-0.4, -0.2) is 24.3 Å². The van der Waals surface area contributed by atoms with Crippen molar-refractivity contribution in [3.05, 3.63) is 48.0 Å². The van der Waals surface area contributed by atoms with Crippen LogP contribution in [0, 0.1) is 0 Å². The maximum absolute atomic E-state index is 12.8. The zero-order chi connectivity index (χ0) is 20.5. The summed E-state index contributed by atoms with van der Waals surface area (Å²) in [7, 11) is 0. The van der Waals surface area contributed by atoms with Crippen LogP contribution in [0.2, 0.25) is 0 Å². The van der Waals surface area contributed by atoms with Crippen molar-refractivity contribution < 1.29 is 19.1 Å². The molecular weight excluding hydrogens is 358 g/mol. The Balaban J connectivity index is 2.25. The quantitative estimate of drug-likeness (QED) is 0.600. The van der Waals surface area contributed by atoms with Gasteiger partial charge in [0.2, 0.25) is 11.8 Å². The van der Waals surface area contributed by atoms with Crippen molar-refractivity contribution in [3.63, 3.8) is 0 Å². The van der Waals surface area contributed by atoms with Crippen molar-refractivity contribution in [3.8, 4) is 5.75 Å². The first-order chi connectivity index (χ1) is 13.4. The Morgan fingerprint density at radius 1 is 0.893 bits per heavy atom. The predicted octanol–water partition coefficient (Wildman–Crippen LogP) is 4.03. The summed E-state index contributed by atoms with van der Waals surface area (Å²) in [4.78, 5) is 35.5. The number of carbonyl (C=O) groups is 3. The molecule has 0 fully saturated rings. The molecule has 0 radical (unpaired) electrons. The molecule has 0 heterocycles. The van der Waals surface area contributed by atoms with Crippen LogP contribution in [0.3, 0.4) is 0 Å². The fourth-order valence-corrected chi connectivity index (χ4v) is 2.53. The van der Waals surface area contributed by atoms with Gasteiger partial charge in [0.25, 0.3) is 5.91 Å². The zero-order valence-corrected chi connectivity index (χ0v) is 16.3. The molecule has 0 aliphatic heterocycles. The van der Waals surface area contributed by atoms with Crippen LogP contribution in [0.1, 0.15) is 44.0 Å². The molecule has 7 heteroatoms. The van der Waals surface area contributed by atoms with Gasteiger partial charge >= 0.3 is 0 Å². The molecule has 2 rings (SSSR count). The van der Waals surface area contributed by atoms with Crippen LogP contribution < -0.4 is 20.7 Å². The third kappa shape index (κ3) is 6.42. The van der Waals surface area contributed by atoms with E-state index in [1.54, 1.807) is 36.4 Å². The van der Waals surface area contributed by atoms with Crippen LogP contribution in [-0.2, 0) is 9.59 Å². The van der Waals surface area contributed by atoms with Crippen molar-refractivity contribution in [2.75, 3.05) is 22.6 Å². The van der Waals surface area contributed by atoms with Crippen molar-refractivity contribution >= 4 is 34.8 Å². The number of unbranched alkanes of at least 4 members (excludes halogenated alkanes) is 1. The highest BCUT2D eigenvalue weighted by molar-refractivity contribution is 6.07. The average Bonchev–Trinajstić information content (AvgIpc) is 2.62. The topological polar surface area (TPSA) is 96.5 Å². The number of amides is 3. The molecule has 0 atom stereocenters. The Labute approximate surface area is 164 Å². The van der Waals surface area contributed by atoms with Crippen molar-refractivity contribution in [2.24, 2.45) is 0 Å². The normalized spacial score (nSPS) is 10.1. The molecule has 2 aromatic rings. The Kier molecular flexibility index (Phi) is 7.56. The Morgan fingerprint density at radius 3 is 2.07 bits per heavy atom. The van der Waals surface area contributed by atoms with E-state index in [1.807, 2.05) is 6.07 Å². The number of ether oxygens (including phenoxy) is 1. The van der Waals surface area contributed by atoms with E-state index in [4.69, 9.17) is 4.74 Å². The van der Waals surface area contributed by atoms with Gasteiger partial charge < -0.3 is 20.7 Å². The van der Waals surface area contributed by atoms with Gasteiger partial charge in [-0.1, -0.05) is 25.5 Å². The lowest BCUT2D eigenvalue weighted by Gasteiger charge is -2.14. The summed E-state index contributed by atoms with van der Waals surface area (Å²) in [6.07, 6.45) is 1.93. The van der Waals surface area contributed by atoms with Crippen molar-refractivity contribution in [1.29, 1.82) is 0 Å². The van der Waals surface area contributed by atoms with Crippen LogP contribution in [0.25, 0.3) is 0 Å². The molecule has 7 nitrogen and oxygen atoms in total. The van der Waals surface area contributed by atoms with Crippen LogP contribution in [0.15, 0.2) is 42.5 Å². The van der Waals surface area contributed by atoms with E-state index in [2.05, 4.69) is 22.9 Å². The second-order valence-electron chi connectivity index (χ2n) is 6.31. The summed E-state index contributed by atoms with van der Waals surface area (Å²) in [5, 5.41) is 8.08. The van der Waals surface area contributed by atoms with Crippen LogP contribution >= 0.6 is 0 Å². The molecular formula is C21H25N3O4. The Bertz CT molecular complexity index is 830. The zero-order valence-electron chi connectivity index (χ0n) is 16.3. The SMILES string of the molecule is CCCCOc1ccccc1NC(=O)c1cc(NC(C)=O)cc(NC(C)=O)c1. The maximum atomic E-state index is 12.8. The van der Waals surface area contributed by atoms with Gasteiger partial charge in [-0.25, -0.2) is 0 Å². The standard InChI is InChI=1S/C21H25N3O4/c1-4-5-10-28-20-9-7-6-8-19(20)24-21(27)16-11-17(22-14(2)25)13-18(12-16)23-15(3)26/h6-9,11-13H,4-5,10H2,1-3H3,(H,22,25)(H,23,26)(H,24,27). The minimum absolute atomic E-state index is 0.277. The monoisotopic (exact) mass is 383 g/mol. The minimum atomic E-state index is -0.384. The lowest BCUT2D eigenvalue weighted by molar-refractivity contribution is -0.115. The summed E-state index contributed by atoms with van der Waals surface area (Å²) in [6.45, 7) is 5.38. The molecule has 0 saturated heterocycles. The summed E-state index contributed by atoms with van der Waals surface area (Å²) in [5.41, 5.74) is 1.67. The molecule has 0 spiro atoms. The van der Waals surface area contributed by atoms with Crippen molar-refractivity contribution in [1.82, 2.24) is 0 Å². The van der Waals surface area contributed by atoms with E-state index in [-0.39, 0.29) is 17.7 Å². The first-order valence-corrected chi connectivity index (χ1v) is 9.12. The second-order valence-corrected chi connectivity index (χ2v) is 6.31. The number of nitrogens with one attached hydrogen (secondary N) is 3. The summed E-state index contributed by atoms with van der Waals surface area (Å²) >= 11 is 0. The summed E-state index contributed by atoms with van der Waals surface area (Å²) < 4.78 is 5.74. The Morgan fingerprint density at radius 2 is 1.50 bits per heavy atom. The van der Waals surface area contributed by atoms with Crippen LogP contribution in [0.5, 0.6) is 5.75 Å². The van der Waals surface area contributed by atoms with E-state index in [1.165, 1.54) is 13.8 Å². The average molecular weight is 383 g/mol. The third-order valence-corrected chi connectivity index (χ3v) is 3.73. The van der Waals surface area contributed by atoms with Crippen LogP contribution in [0.4, 0.5) is 17.1 Å². The number of rotatable bonds is 8. The highest BCUT2D eigenvalue weighted by Crippen LogP contribution is 2.26. The van der Waals surface area contributed by atoms with E-state index in [9.17, 15) is 14.4 Å². The molecule has 28 heavy (non-hydrogen) atoms. The predicted molar refractivity (Wildman–Crippen MR) is 110 cm³/mol. The number of para-hydroxylation sites is 2. The first kappa shape index (κ1) is 21.0. The van der Waals surface area contributed by atoms with E-state index in [0.717, 1.165) is 12.8 Å². The minimum Gasteiger partial charge on any atom is -0.491 e. The number of hydrogen-bond donors (Lipinski definition) is 3. The summed E-state index contributed by atoms with van der Waals surface area (Å²) in [5.74, 6) is -0.350. The van der Waals surface area contributed by atoms with Crippen molar-refractivity contribution in [2.45, 2.75) is 33.6 Å². The lowest BCUT2D eigenvalue weighted by atomic mass is 10.1. The smallest absolute Gasteiger partial charge is 0.255 e. The number of anilines is 3. The molecule has 3 N–H and O–H groups in total. The van der Waals surface area contributed by atoms with Gasteiger partial charge in [0.1, 0.15) is 5.75 Å². The van der Waals surface area contributed by atoms with E-state index >= 15 is 0 Å². The third-order valence-electron chi connectivity index (χ3n) is 3.73. The van der Waals surface area contributed by atoms with Gasteiger partial charge in [0.15, 0.2) is 0 Å². The van der Waals surface area contributed by atoms with Gasteiger partial charge in [0, 0.05) is 30.8 Å². The molecule has 0 aliphatic carbocycles. The molecule has 3 amide bonds. The van der Waals surface area contributed by atoms with Gasteiger partial charge in [0.05, 0.1) is 12.3 Å². The molecule has 0 aliphatic rings. The molecule has 0 unspecified atom stereocenters. The van der Waals surface area contributed by atoms with E-state index < -0.39 is 0 Å². The first-order valence-electron chi connectivity index (χ1n) is 9.12. The molecule has 0 saturated carbocycles. The molecule has 148 valence electrons. The fraction of sp³-hybridized carbons (Fsp3) is 0.286. The second kappa shape index (κ2) is 10.1. The summed E-state index contributed by atoms with van der Waals surface area (Å²) in [6, 6.07) is 11.9. The van der Waals surface area contributed by atoms with Gasteiger partial charge in [-0.3, -0.25) is 14.4 Å². The number of hydrogen-bond acceptors (Lipinski definition) is 4. The maximum Gasteiger partial charge on any atom is 0.255 e. The van der Waals surface area contributed by atoms with Gasteiger partial charge in [-0.05, 0) is 36.8 Å². The number of benzene rings is 2. The number of carbonyl (C=O) groups excluding carboxylic acids is 3. The fourth-order valence-electron chi connectivity index (χ4n) is 2.53. The molecule has 2 aromatic carbocycles. The van der Waals surface area contributed by atoms with Gasteiger partial charge in [-0.2, -0.15) is 0 Å². The lowest BCUT2D eigenvalue weighted by Crippen LogP contribution is -2.15. The Hall–Kier alpha value is -3.35. The highest BCUT2D eigenvalue weighted by atomic mass is 16.5. The van der Waals surface area contributed by atoms with Gasteiger partial charge in [-0.15, -0.1) is 0 Å². The van der Waals surface area contributed by atoms with E-state index in [0.29, 0.717) is 35.0 Å². The molecule has 0 aromatic heterocycles. The highest BCUT2D eigenvalue weighted by Gasteiger charge is 2.13. The largest absolute Gasteiger partial charge is 0.491 e. The molecule has 0 bridgehead atoms.